The predicted molar refractivity (Wildman–Crippen MR) is 76.1 cm³/mol. The predicted octanol–water partition coefficient (Wildman–Crippen LogP) is 0.720. The number of para-hydroxylation sites is 1. The molecule has 0 radical (unpaired) electrons. The molecule has 0 fully saturated rings. The van der Waals surface area contributed by atoms with E-state index in [4.69, 9.17) is 0 Å². The van der Waals surface area contributed by atoms with E-state index >= 15 is 0 Å². The van der Waals surface area contributed by atoms with Gasteiger partial charge in [0, 0.05) is 26.4 Å². The Morgan fingerprint density at radius 2 is 1.47 bits per heavy atom. The van der Waals surface area contributed by atoms with Gasteiger partial charge in [-0.25, -0.2) is 0 Å². The highest BCUT2D eigenvalue weighted by Crippen LogP contribution is 1.96. The van der Waals surface area contributed by atoms with E-state index in [2.05, 4.69) is 44.7 Å². The molecule has 0 unspecified atom stereocenters. The van der Waals surface area contributed by atoms with Gasteiger partial charge in [0.05, 0.1) is 10.7 Å². The van der Waals surface area contributed by atoms with Gasteiger partial charge in [0.1, 0.15) is 0 Å². The van der Waals surface area contributed by atoms with Gasteiger partial charge in [-0.1, -0.05) is 18.2 Å². The second-order valence-corrected chi connectivity index (χ2v) is 5.02. The molecule has 82 valence electrons. The molecule has 17 heavy (non-hydrogen) atoms. The number of hydrogen-bond donors (Lipinski definition) is 0. The first-order valence-corrected chi connectivity index (χ1v) is 6.37. The lowest BCUT2D eigenvalue weighted by Crippen LogP contribution is -2.29. The van der Waals surface area contributed by atoms with E-state index in [9.17, 15) is 0 Å². The van der Waals surface area contributed by atoms with Gasteiger partial charge in [-0.2, -0.15) is 0 Å². The molecule has 0 N–H and O–H groups in total. The lowest BCUT2D eigenvalue weighted by atomic mass is 10.2. The van der Waals surface area contributed by atoms with Crippen molar-refractivity contribution >= 4 is 35.0 Å². The zero-order valence-corrected chi connectivity index (χ0v) is 11.1. The van der Waals surface area contributed by atoms with Gasteiger partial charge in [0.15, 0.2) is 0 Å². The fraction of sp³-hybridized carbons (Fsp3) is 0. The second kappa shape index (κ2) is 4.41. The summed E-state index contributed by atoms with van der Waals surface area (Å²) in [5.74, 6) is 0. The van der Waals surface area contributed by atoms with Crippen molar-refractivity contribution in [3.8, 4) is 0 Å². The van der Waals surface area contributed by atoms with Crippen LogP contribution in [0.4, 0.5) is 0 Å². The summed E-state index contributed by atoms with van der Waals surface area (Å²) < 4.78 is 1.19. The highest BCUT2D eigenvalue weighted by molar-refractivity contribution is 14.1. The first-order valence-electron chi connectivity index (χ1n) is 5.30. The molecule has 1 aliphatic rings. The molecule has 3 rings (SSSR count). The summed E-state index contributed by atoms with van der Waals surface area (Å²) in [4.78, 5) is 9.02. The third-order valence-electron chi connectivity index (χ3n) is 2.61. The van der Waals surface area contributed by atoms with Crippen LogP contribution in [0.1, 0.15) is 0 Å². The Kier molecular flexibility index (Phi) is 2.76. The SMILES string of the molecule is Ic1ccc2c(c1)=CN=c1ccccc1=CN=2. The quantitative estimate of drug-likeness (QED) is 0.636. The van der Waals surface area contributed by atoms with Gasteiger partial charge >= 0.3 is 0 Å². The van der Waals surface area contributed by atoms with Gasteiger partial charge in [-0.15, -0.1) is 0 Å². The van der Waals surface area contributed by atoms with Crippen molar-refractivity contribution in [1.82, 2.24) is 0 Å². The van der Waals surface area contributed by atoms with E-state index in [1.807, 2.05) is 42.7 Å². The first kappa shape index (κ1) is 10.7. The van der Waals surface area contributed by atoms with Crippen molar-refractivity contribution in [2.45, 2.75) is 0 Å². The molecular formula is C14H9IN2. The van der Waals surface area contributed by atoms with Crippen LogP contribution < -0.4 is 21.2 Å². The second-order valence-electron chi connectivity index (χ2n) is 3.78. The molecule has 1 aliphatic heterocycles. The summed E-state index contributed by atoms with van der Waals surface area (Å²) in [6, 6.07) is 14.2. The zero-order valence-electron chi connectivity index (χ0n) is 8.97. The molecule has 2 aromatic rings. The molecule has 2 nitrogen and oxygen atoms in total. The van der Waals surface area contributed by atoms with Gasteiger partial charge in [-0.05, 0) is 46.9 Å². The number of benzene rings is 2. The van der Waals surface area contributed by atoms with Crippen molar-refractivity contribution in [2.75, 3.05) is 0 Å². The van der Waals surface area contributed by atoms with Gasteiger partial charge in [0.25, 0.3) is 0 Å². The average Bonchev–Trinajstić information content (AvgIpc) is 2.33. The minimum atomic E-state index is 0.959. The summed E-state index contributed by atoms with van der Waals surface area (Å²) in [6.45, 7) is 0. The van der Waals surface area contributed by atoms with Crippen LogP contribution in [0.5, 0.6) is 0 Å². The summed E-state index contributed by atoms with van der Waals surface area (Å²) in [5, 5.41) is 4.03. The molecule has 0 bridgehead atoms. The molecule has 0 aliphatic carbocycles. The Morgan fingerprint density at radius 1 is 0.765 bits per heavy atom. The van der Waals surface area contributed by atoms with Crippen LogP contribution in [0, 0.1) is 3.57 Å². The summed E-state index contributed by atoms with van der Waals surface area (Å²) in [5.41, 5.74) is 0. The topological polar surface area (TPSA) is 24.7 Å². The minimum Gasteiger partial charge on any atom is -0.255 e. The van der Waals surface area contributed by atoms with E-state index in [1.54, 1.807) is 0 Å². The van der Waals surface area contributed by atoms with Crippen molar-refractivity contribution in [1.29, 1.82) is 0 Å². The molecular weight excluding hydrogens is 323 g/mol. The van der Waals surface area contributed by atoms with E-state index in [0.717, 1.165) is 21.2 Å². The van der Waals surface area contributed by atoms with Gasteiger partial charge in [-0.3, -0.25) is 9.98 Å². The fourth-order valence-electron chi connectivity index (χ4n) is 1.74. The van der Waals surface area contributed by atoms with Crippen LogP contribution >= 0.6 is 22.6 Å². The van der Waals surface area contributed by atoms with Gasteiger partial charge in [0.2, 0.25) is 0 Å². The third kappa shape index (κ3) is 2.15. The number of halogens is 1. The van der Waals surface area contributed by atoms with Crippen molar-refractivity contribution in [3.63, 3.8) is 0 Å². The maximum Gasteiger partial charge on any atom is 0.0718 e. The van der Waals surface area contributed by atoms with Crippen LogP contribution in [0.3, 0.4) is 0 Å². The van der Waals surface area contributed by atoms with Crippen LogP contribution in [-0.4, -0.2) is 0 Å². The summed E-state index contributed by atoms with van der Waals surface area (Å²) >= 11 is 2.29. The zero-order chi connectivity index (χ0) is 11.7. The molecule has 2 aromatic carbocycles. The molecule has 3 heteroatoms. The molecule has 0 amide bonds. The normalized spacial score (nSPS) is 12.5. The molecule has 0 aromatic heterocycles. The number of hydrogen-bond acceptors (Lipinski definition) is 2. The molecule has 0 atom stereocenters. The maximum absolute atomic E-state index is 4.51. The van der Waals surface area contributed by atoms with Crippen molar-refractivity contribution < 1.29 is 0 Å². The third-order valence-corrected chi connectivity index (χ3v) is 3.28. The standard InChI is InChI=1S/C14H9IN2/c15-12-5-6-14-11(7-12)9-17-13-4-2-1-3-10(13)8-16-14/h1-9H. The highest BCUT2D eigenvalue weighted by atomic mass is 127. The lowest BCUT2D eigenvalue weighted by Gasteiger charge is -1.94. The fourth-order valence-corrected chi connectivity index (χ4v) is 2.25. The lowest BCUT2D eigenvalue weighted by molar-refractivity contribution is 1.26. The number of fused-ring (bicyclic) bond motifs is 2. The minimum absolute atomic E-state index is 0.959. The monoisotopic (exact) mass is 332 g/mol. The largest absolute Gasteiger partial charge is 0.255 e. The van der Waals surface area contributed by atoms with Crippen LogP contribution in [0.2, 0.25) is 0 Å². The maximum atomic E-state index is 4.51. The average molecular weight is 332 g/mol. The van der Waals surface area contributed by atoms with Crippen LogP contribution in [0.25, 0.3) is 12.4 Å². The van der Waals surface area contributed by atoms with Crippen molar-refractivity contribution in [3.05, 3.63) is 67.2 Å². The first-order chi connectivity index (χ1) is 8.33. The smallest absolute Gasteiger partial charge is 0.0718 e. The summed E-state index contributed by atoms with van der Waals surface area (Å²) in [7, 11) is 0. The van der Waals surface area contributed by atoms with E-state index < -0.39 is 0 Å². The number of rotatable bonds is 0. The molecule has 0 saturated heterocycles. The van der Waals surface area contributed by atoms with Crippen molar-refractivity contribution in [2.24, 2.45) is 9.98 Å². The Bertz CT molecular complexity index is 807. The van der Waals surface area contributed by atoms with E-state index in [-0.39, 0.29) is 0 Å². The Hall–Kier alpha value is -1.49. The Balaban J connectivity index is 2.42. The number of nitrogens with zero attached hydrogens (tertiary/aromatic N) is 2. The molecule has 1 heterocycles. The molecule has 0 spiro atoms. The Morgan fingerprint density at radius 3 is 2.35 bits per heavy atom. The van der Waals surface area contributed by atoms with Crippen LogP contribution in [-0.2, 0) is 0 Å². The van der Waals surface area contributed by atoms with Gasteiger partial charge < -0.3 is 0 Å². The summed E-state index contributed by atoms with van der Waals surface area (Å²) in [6.07, 6.45) is 3.75. The van der Waals surface area contributed by atoms with E-state index in [1.165, 1.54) is 3.57 Å². The molecule has 0 saturated carbocycles. The highest BCUT2D eigenvalue weighted by Gasteiger charge is 1.92. The van der Waals surface area contributed by atoms with E-state index in [0.29, 0.717) is 0 Å². The van der Waals surface area contributed by atoms with Crippen LogP contribution in [0.15, 0.2) is 52.4 Å². The Labute approximate surface area is 112 Å².